The Morgan fingerprint density at radius 3 is 2.39 bits per heavy atom. The normalized spacial score (nSPS) is 30.2. The van der Waals surface area contributed by atoms with Crippen LogP contribution < -0.4 is 30.8 Å². The van der Waals surface area contributed by atoms with Crippen LogP contribution >= 0.6 is 0 Å². The van der Waals surface area contributed by atoms with Gasteiger partial charge in [-0.1, -0.05) is 32.8 Å². The van der Waals surface area contributed by atoms with E-state index in [4.69, 9.17) is 19.2 Å². The zero-order valence-electron chi connectivity index (χ0n) is 50.4. The number of fused-ring (bicyclic) bond motifs is 6. The number of hydrogen-bond donors (Lipinski definition) is 4. The van der Waals surface area contributed by atoms with E-state index in [-0.39, 0.29) is 48.0 Å². The molecule has 7 aliphatic heterocycles. The average molecular weight is 1190 g/mol. The van der Waals surface area contributed by atoms with E-state index in [1.165, 1.54) is 22.8 Å². The smallest absolute Gasteiger partial charge is 0.405 e. The van der Waals surface area contributed by atoms with Crippen molar-refractivity contribution in [1.82, 2.24) is 40.8 Å². The first kappa shape index (κ1) is 60.2. The van der Waals surface area contributed by atoms with Gasteiger partial charge in [-0.15, -0.1) is 0 Å². The molecule has 1 unspecified atom stereocenters. The lowest BCUT2D eigenvalue weighted by atomic mass is 9.85. The second-order valence-corrected chi connectivity index (χ2v) is 27.2. The molecule has 466 valence electrons. The van der Waals surface area contributed by atoms with Crippen molar-refractivity contribution in [3.63, 3.8) is 0 Å². The van der Waals surface area contributed by atoms with Crippen molar-refractivity contribution in [3.8, 4) is 0 Å². The minimum atomic E-state index is -4.59. The number of pyridine rings is 1. The SMILES string of the molecule is CN[C@@H](C(=O)N1CC[C@]2(CCN([C@H](C(=O)N[C@H]3C[C@H]4CN(CCO4)c4ccc5c(c4)/C(=C\C(C)(C)COC(=O)[C@@H]4CCCN(N4)C3=O)C(c3cc(N4CCN(C6CC6)CC4)cnc3[C@H](C)OC)N5CC(F)(F)F)C3CCCC3)C2)C1)[C@@H](O)C1CC1. The molecule has 8 heterocycles. The number of morpholine rings is 1. The van der Waals surface area contributed by atoms with Gasteiger partial charge >= 0.3 is 12.1 Å². The third-order valence-corrected chi connectivity index (χ3v) is 20.5. The van der Waals surface area contributed by atoms with Gasteiger partial charge in [0.15, 0.2) is 0 Å². The van der Waals surface area contributed by atoms with Crippen LogP contribution in [0.3, 0.4) is 0 Å². The monoisotopic (exact) mass is 1190 g/mol. The first-order valence-electron chi connectivity index (χ1n) is 31.8. The van der Waals surface area contributed by atoms with Crippen LogP contribution in [0, 0.1) is 22.7 Å². The molecule has 12 rings (SSSR count). The molecule has 1 spiro atoms. The summed E-state index contributed by atoms with van der Waals surface area (Å²) in [6.45, 7) is 11.5. The Balaban J connectivity index is 0.853. The minimum absolute atomic E-state index is 0.0669. The summed E-state index contributed by atoms with van der Waals surface area (Å²) in [5.74, 6) is -1.03. The highest BCUT2D eigenvalue weighted by Gasteiger charge is 2.52. The van der Waals surface area contributed by atoms with Crippen LogP contribution in [0.5, 0.6) is 0 Å². The van der Waals surface area contributed by atoms with Crippen molar-refractivity contribution in [2.45, 2.75) is 165 Å². The number of hydrazine groups is 1. The number of alkyl halides is 3. The molecule has 9 atom stereocenters. The number of nitrogens with one attached hydrogen (secondary N) is 3. The van der Waals surface area contributed by atoms with Gasteiger partial charge in [-0.05, 0) is 126 Å². The quantitative estimate of drug-likeness (QED) is 0.172. The molecule has 4 N–H and O–H groups in total. The molecule has 85 heavy (non-hydrogen) atoms. The lowest BCUT2D eigenvalue weighted by molar-refractivity contribution is -0.155. The zero-order valence-corrected chi connectivity index (χ0v) is 50.4. The molecule has 10 aliphatic rings. The molecule has 1 aromatic heterocycles. The summed E-state index contributed by atoms with van der Waals surface area (Å²) in [5.41, 5.74) is 6.50. The fourth-order valence-electron chi connectivity index (χ4n) is 15.6. The Morgan fingerprint density at radius 2 is 1.67 bits per heavy atom. The van der Waals surface area contributed by atoms with Crippen LogP contribution in [0.4, 0.5) is 30.2 Å². The number of aliphatic hydroxyl groups is 1. The van der Waals surface area contributed by atoms with Crippen molar-refractivity contribution >= 4 is 46.3 Å². The third-order valence-electron chi connectivity index (χ3n) is 20.5. The number of benzene rings is 1. The zero-order chi connectivity index (χ0) is 59.5. The molecule has 8 fully saturated rings. The number of esters is 1. The van der Waals surface area contributed by atoms with E-state index in [1.54, 1.807) is 20.2 Å². The number of likely N-dealkylation sites (tertiary alicyclic amines) is 2. The maximum Gasteiger partial charge on any atom is 0.405 e. The Bertz CT molecular complexity index is 2820. The van der Waals surface area contributed by atoms with Crippen LogP contribution in [0.25, 0.3) is 5.57 Å². The summed E-state index contributed by atoms with van der Waals surface area (Å²) in [7, 11) is 3.31. The highest BCUT2D eigenvalue weighted by Crippen LogP contribution is 2.54. The van der Waals surface area contributed by atoms with Gasteiger partial charge in [0.1, 0.15) is 24.7 Å². The van der Waals surface area contributed by atoms with Gasteiger partial charge in [0.25, 0.3) is 5.91 Å². The second kappa shape index (κ2) is 24.5. The number of cyclic esters (lactones) is 1. The number of aromatic nitrogens is 1. The van der Waals surface area contributed by atoms with Crippen molar-refractivity contribution in [2.24, 2.45) is 22.7 Å². The van der Waals surface area contributed by atoms with Gasteiger partial charge in [-0.3, -0.25) is 39.0 Å². The predicted octanol–water partition coefficient (Wildman–Crippen LogP) is 5.58. The van der Waals surface area contributed by atoms with Crippen molar-refractivity contribution in [2.75, 3.05) is 121 Å². The molecule has 5 saturated heterocycles. The molecular formula is C63H90F3N11O8. The number of halogens is 3. The van der Waals surface area contributed by atoms with Gasteiger partial charge in [0.05, 0.1) is 61.2 Å². The second-order valence-electron chi connectivity index (χ2n) is 27.2. The Morgan fingerprint density at radius 1 is 0.906 bits per heavy atom. The number of piperazine rings is 1. The summed E-state index contributed by atoms with van der Waals surface area (Å²) in [6.07, 6.45) is 8.04. The van der Waals surface area contributed by atoms with Crippen molar-refractivity contribution in [1.29, 1.82) is 0 Å². The van der Waals surface area contributed by atoms with Crippen molar-refractivity contribution in [3.05, 3.63) is 53.4 Å². The van der Waals surface area contributed by atoms with E-state index in [2.05, 4.69) is 35.7 Å². The molecule has 1 aromatic carbocycles. The summed E-state index contributed by atoms with van der Waals surface area (Å²) in [4.78, 5) is 76.4. The van der Waals surface area contributed by atoms with E-state index in [9.17, 15) is 14.7 Å². The molecule has 3 aliphatic carbocycles. The molecule has 22 heteroatoms. The number of methoxy groups -OCH3 is 1. The fraction of sp³-hybridized carbons (Fsp3) is 0.730. The minimum Gasteiger partial charge on any atom is -0.464 e. The summed E-state index contributed by atoms with van der Waals surface area (Å²) in [6, 6.07) is 4.22. The van der Waals surface area contributed by atoms with Gasteiger partial charge in [-0.25, -0.2) is 5.43 Å². The molecule has 2 aromatic rings. The van der Waals surface area contributed by atoms with Gasteiger partial charge in [-0.2, -0.15) is 13.2 Å². The molecule has 6 bridgehead atoms. The summed E-state index contributed by atoms with van der Waals surface area (Å²) < 4.78 is 64.4. The summed E-state index contributed by atoms with van der Waals surface area (Å²) in [5, 5.41) is 18.9. The molecule has 3 amide bonds. The number of rotatable bonds is 14. The number of amides is 3. The highest BCUT2D eigenvalue weighted by molar-refractivity contribution is 5.92. The Labute approximate surface area is 498 Å². The van der Waals surface area contributed by atoms with E-state index < -0.39 is 72.6 Å². The number of carbonyl (C=O) groups is 4. The van der Waals surface area contributed by atoms with Gasteiger partial charge < -0.3 is 49.6 Å². The van der Waals surface area contributed by atoms with Crippen molar-refractivity contribution < 1.29 is 51.7 Å². The number of hydrogen-bond acceptors (Lipinski definition) is 16. The van der Waals surface area contributed by atoms with Crippen LogP contribution in [-0.2, 0) is 33.4 Å². The van der Waals surface area contributed by atoms with E-state index >= 15 is 22.8 Å². The largest absolute Gasteiger partial charge is 0.464 e. The number of ether oxygens (including phenoxy) is 3. The van der Waals surface area contributed by atoms with Crippen LogP contribution in [0.2, 0.25) is 0 Å². The maximum atomic E-state index is 15.3. The number of aliphatic hydroxyl groups excluding tert-OH is 1. The topological polar surface area (TPSA) is 188 Å². The standard InChI is InChI=1S/C63H90F3N11O8/c1-39(83-5)52-47(30-44(33-68-52)72-25-23-71(24-26-72)42-14-15-42)55-48-32-61(2,3)38-85-60(82)49-11-8-20-77(70-49)58(80)50(31-45-34-73(27-28-84-45)43-16-17-51(46(48)29-43)76(55)37-63(64,65)66)69-57(79)54(40-9-6-7-10-40)74-21-18-62(35-74)19-22-75(36-62)59(81)53(67-4)56(78)41-12-13-41/h16-17,29-30,32-33,39-42,45,49-50,53-56,67,70,78H,6-15,18-28,31,34-38H2,1-5H3,(H,69,79)/b48-32+/t39-,45-,49-,50-,53+,54-,55?,56-,62-/m0/s1. The lowest BCUT2D eigenvalue weighted by Gasteiger charge is -2.39. The Kier molecular flexibility index (Phi) is 17.3. The average Bonchev–Trinajstić information content (AvgIpc) is 1.84. The molecule has 19 nitrogen and oxygen atoms in total. The van der Waals surface area contributed by atoms with Gasteiger partial charge in [0.2, 0.25) is 11.8 Å². The number of likely N-dealkylation sites (N-methyl/N-ethyl adjacent to an activating group) is 1. The maximum absolute atomic E-state index is 15.3. The number of anilines is 3. The Hall–Kier alpha value is -5.10. The van der Waals surface area contributed by atoms with E-state index in [0.717, 1.165) is 88.9 Å². The predicted molar refractivity (Wildman–Crippen MR) is 315 cm³/mol. The van der Waals surface area contributed by atoms with E-state index in [1.807, 2.05) is 56.1 Å². The summed E-state index contributed by atoms with van der Waals surface area (Å²) >= 11 is 0. The van der Waals surface area contributed by atoms with Crippen LogP contribution in [0.15, 0.2) is 36.5 Å². The highest BCUT2D eigenvalue weighted by atomic mass is 19.4. The van der Waals surface area contributed by atoms with Crippen LogP contribution in [-0.4, -0.2) is 208 Å². The number of carbonyl (C=O) groups excluding carboxylic acids is 4. The first-order chi connectivity index (χ1) is 40.8. The first-order valence-corrected chi connectivity index (χ1v) is 31.8. The van der Waals surface area contributed by atoms with Gasteiger partial charge in [0, 0.05) is 118 Å². The number of nitrogens with zero attached hydrogens (tertiary/aromatic N) is 8. The lowest BCUT2D eigenvalue weighted by Crippen LogP contribution is -2.62. The van der Waals surface area contributed by atoms with Crippen LogP contribution in [0.1, 0.15) is 133 Å². The molecule has 3 saturated carbocycles. The molecular weight excluding hydrogens is 1100 g/mol. The fourth-order valence-corrected chi connectivity index (χ4v) is 15.6. The molecule has 0 radical (unpaired) electrons. The van der Waals surface area contributed by atoms with E-state index in [0.29, 0.717) is 99.4 Å². The third kappa shape index (κ3) is 12.9.